The lowest BCUT2D eigenvalue weighted by atomic mass is 9.77. The molecule has 1 saturated heterocycles. The monoisotopic (exact) mass is 466 g/mol. The van der Waals surface area contributed by atoms with Gasteiger partial charge in [-0.25, -0.2) is 13.2 Å². The first-order valence-corrected chi connectivity index (χ1v) is 12.1. The van der Waals surface area contributed by atoms with Crippen molar-refractivity contribution >= 4 is 0 Å². The van der Waals surface area contributed by atoms with Crippen LogP contribution in [0, 0.1) is 23.4 Å². The van der Waals surface area contributed by atoms with Crippen molar-refractivity contribution in [3.8, 4) is 16.9 Å². The molecule has 1 aliphatic heterocycles. The van der Waals surface area contributed by atoms with E-state index >= 15 is 0 Å². The second kappa shape index (κ2) is 9.83. The minimum absolute atomic E-state index is 0.00684. The summed E-state index contributed by atoms with van der Waals surface area (Å²) in [5.74, 6) is -0.530. The van der Waals surface area contributed by atoms with E-state index in [2.05, 4.69) is 6.92 Å². The highest BCUT2D eigenvalue weighted by molar-refractivity contribution is 5.65. The van der Waals surface area contributed by atoms with E-state index in [1.54, 1.807) is 42.5 Å². The highest BCUT2D eigenvalue weighted by Crippen LogP contribution is 2.40. The average molecular weight is 467 g/mol. The molecule has 0 spiro atoms. The van der Waals surface area contributed by atoms with E-state index in [1.165, 1.54) is 6.07 Å². The molecule has 2 nitrogen and oxygen atoms in total. The van der Waals surface area contributed by atoms with Crippen LogP contribution in [0.15, 0.2) is 54.6 Å². The maximum atomic E-state index is 15.0. The van der Waals surface area contributed by atoms with Gasteiger partial charge in [0.15, 0.2) is 11.6 Å². The van der Waals surface area contributed by atoms with Crippen molar-refractivity contribution in [3.63, 3.8) is 0 Å². The minimum atomic E-state index is -0.800. The van der Waals surface area contributed by atoms with Crippen molar-refractivity contribution in [3.05, 3.63) is 88.7 Å². The Morgan fingerprint density at radius 1 is 0.882 bits per heavy atom. The van der Waals surface area contributed by atoms with Crippen LogP contribution >= 0.6 is 0 Å². The van der Waals surface area contributed by atoms with Crippen molar-refractivity contribution in [2.45, 2.75) is 57.7 Å². The number of benzene rings is 3. The van der Waals surface area contributed by atoms with Crippen molar-refractivity contribution in [2.24, 2.45) is 5.92 Å². The number of rotatable bonds is 7. The first kappa shape index (κ1) is 23.0. The van der Waals surface area contributed by atoms with Gasteiger partial charge in [-0.05, 0) is 72.4 Å². The standard InChI is InChI=1S/C29H29F3O2/c1-2-18-3-5-19(6-4-18)24-13-14-25(29(32)28(24)31)20-9-11-23(12-10-20)33-16-22-8-7-21(15-26(22)30)27-17-34-27/h7-15,18-19,27H,2-6,16-17H2,1H3. The molecule has 1 heterocycles. The summed E-state index contributed by atoms with van der Waals surface area (Å²) < 4.78 is 55.2. The van der Waals surface area contributed by atoms with Gasteiger partial charge in [0.05, 0.1) is 6.61 Å². The van der Waals surface area contributed by atoms with Gasteiger partial charge in [-0.1, -0.05) is 49.7 Å². The summed E-state index contributed by atoms with van der Waals surface area (Å²) in [4.78, 5) is 0. The van der Waals surface area contributed by atoms with Gasteiger partial charge in [0.25, 0.3) is 0 Å². The molecular formula is C29H29F3O2. The third-order valence-electron chi connectivity index (χ3n) is 7.32. The minimum Gasteiger partial charge on any atom is -0.489 e. The Balaban J connectivity index is 1.25. The second-order valence-electron chi connectivity index (χ2n) is 9.44. The maximum Gasteiger partial charge on any atom is 0.166 e. The molecule has 1 aliphatic carbocycles. The van der Waals surface area contributed by atoms with Gasteiger partial charge >= 0.3 is 0 Å². The summed E-state index contributed by atoms with van der Waals surface area (Å²) in [6.07, 6.45) is 5.14. The van der Waals surface area contributed by atoms with Crippen LogP contribution in [-0.4, -0.2) is 6.61 Å². The first-order chi connectivity index (χ1) is 16.5. The van der Waals surface area contributed by atoms with E-state index < -0.39 is 11.6 Å². The molecule has 0 bridgehead atoms. The Morgan fingerprint density at radius 3 is 2.26 bits per heavy atom. The zero-order valence-electron chi connectivity index (χ0n) is 19.3. The molecule has 2 fully saturated rings. The molecule has 1 unspecified atom stereocenters. The second-order valence-corrected chi connectivity index (χ2v) is 9.44. The smallest absolute Gasteiger partial charge is 0.166 e. The largest absolute Gasteiger partial charge is 0.489 e. The Hall–Kier alpha value is -2.79. The molecule has 0 radical (unpaired) electrons. The molecule has 3 aromatic rings. The molecule has 34 heavy (non-hydrogen) atoms. The summed E-state index contributed by atoms with van der Waals surface area (Å²) in [7, 11) is 0. The lowest BCUT2D eigenvalue weighted by Gasteiger charge is -2.28. The fourth-order valence-corrected chi connectivity index (χ4v) is 5.00. The Labute approximate surface area is 198 Å². The van der Waals surface area contributed by atoms with E-state index in [4.69, 9.17) is 9.47 Å². The lowest BCUT2D eigenvalue weighted by Crippen LogP contribution is -2.14. The van der Waals surface area contributed by atoms with Crippen LogP contribution in [-0.2, 0) is 11.3 Å². The molecule has 3 aromatic carbocycles. The van der Waals surface area contributed by atoms with Crippen LogP contribution in [0.25, 0.3) is 11.1 Å². The summed E-state index contributed by atoms with van der Waals surface area (Å²) in [6.45, 7) is 2.90. The van der Waals surface area contributed by atoms with Crippen molar-refractivity contribution in [1.82, 2.24) is 0 Å². The molecule has 2 aliphatic rings. The van der Waals surface area contributed by atoms with Crippen molar-refractivity contribution in [1.29, 1.82) is 0 Å². The van der Waals surface area contributed by atoms with E-state index in [1.807, 2.05) is 6.07 Å². The van der Waals surface area contributed by atoms with Gasteiger partial charge in [-0.3, -0.25) is 0 Å². The number of ether oxygens (including phenoxy) is 2. The summed E-state index contributed by atoms with van der Waals surface area (Å²) >= 11 is 0. The van der Waals surface area contributed by atoms with Gasteiger partial charge < -0.3 is 9.47 Å². The topological polar surface area (TPSA) is 21.8 Å². The van der Waals surface area contributed by atoms with Crippen LogP contribution in [0.4, 0.5) is 13.2 Å². The number of hydrogen-bond acceptors (Lipinski definition) is 2. The first-order valence-electron chi connectivity index (χ1n) is 12.1. The molecule has 5 heteroatoms. The fraction of sp³-hybridized carbons (Fsp3) is 0.379. The third-order valence-corrected chi connectivity index (χ3v) is 7.32. The predicted octanol–water partition coefficient (Wildman–Crippen LogP) is 8.11. The molecule has 0 N–H and O–H groups in total. The molecule has 1 saturated carbocycles. The Morgan fingerprint density at radius 2 is 1.62 bits per heavy atom. The SMILES string of the molecule is CCC1CCC(c2ccc(-c3ccc(OCc4ccc(C5CO5)cc4F)cc3)c(F)c2F)CC1. The van der Waals surface area contributed by atoms with Crippen LogP contribution in [0.5, 0.6) is 5.75 Å². The number of halogens is 3. The lowest BCUT2D eigenvalue weighted by molar-refractivity contribution is 0.299. The number of hydrogen-bond donors (Lipinski definition) is 0. The third kappa shape index (κ3) is 4.85. The molecule has 5 rings (SSSR count). The average Bonchev–Trinajstić information content (AvgIpc) is 3.71. The van der Waals surface area contributed by atoms with Crippen molar-refractivity contribution < 1.29 is 22.6 Å². The quantitative estimate of drug-likeness (QED) is 0.328. The molecule has 0 amide bonds. The van der Waals surface area contributed by atoms with Gasteiger partial charge in [0, 0.05) is 11.1 Å². The molecule has 1 atom stereocenters. The highest BCUT2D eigenvalue weighted by atomic mass is 19.2. The van der Waals surface area contributed by atoms with Crippen LogP contribution < -0.4 is 4.74 Å². The van der Waals surface area contributed by atoms with Crippen LogP contribution in [0.2, 0.25) is 0 Å². The zero-order valence-corrected chi connectivity index (χ0v) is 19.3. The molecular weight excluding hydrogens is 437 g/mol. The predicted molar refractivity (Wildman–Crippen MR) is 126 cm³/mol. The Kier molecular flexibility index (Phi) is 6.64. The van der Waals surface area contributed by atoms with Crippen LogP contribution in [0.3, 0.4) is 0 Å². The maximum absolute atomic E-state index is 15.0. The summed E-state index contributed by atoms with van der Waals surface area (Å²) in [6, 6.07) is 15.2. The van der Waals surface area contributed by atoms with E-state index in [0.29, 0.717) is 35.0 Å². The van der Waals surface area contributed by atoms with E-state index in [9.17, 15) is 13.2 Å². The van der Waals surface area contributed by atoms with Gasteiger partial charge in [0.2, 0.25) is 0 Å². The highest BCUT2D eigenvalue weighted by Gasteiger charge is 2.26. The van der Waals surface area contributed by atoms with Gasteiger partial charge in [-0.2, -0.15) is 0 Å². The fourth-order valence-electron chi connectivity index (χ4n) is 5.00. The molecule has 178 valence electrons. The number of epoxide rings is 1. The zero-order chi connectivity index (χ0) is 23.7. The van der Waals surface area contributed by atoms with Gasteiger partial charge in [-0.15, -0.1) is 0 Å². The Bertz CT molecular complexity index is 1150. The van der Waals surface area contributed by atoms with Gasteiger partial charge in [0.1, 0.15) is 24.3 Å². The van der Waals surface area contributed by atoms with Crippen LogP contribution in [0.1, 0.15) is 67.7 Å². The summed E-state index contributed by atoms with van der Waals surface area (Å²) in [5.41, 5.74) is 2.59. The summed E-state index contributed by atoms with van der Waals surface area (Å²) in [5, 5.41) is 0. The normalized spacial score (nSPS) is 21.9. The van der Waals surface area contributed by atoms with E-state index in [0.717, 1.165) is 37.7 Å². The molecule has 0 aromatic heterocycles. The van der Waals surface area contributed by atoms with E-state index in [-0.39, 0.29) is 30.0 Å². The van der Waals surface area contributed by atoms with Crippen molar-refractivity contribution in [2.75, 3.05) is 6.61 Å².